The molecule has 4 rings (SSSR count). The molecular weight excluding hydrogens is 556 g/mol. The van der Waals surface area contributed by atoms with Gasteiger partial charge in [-0.05, 0) is 91.1 Å². The number of hydrogen-bond donors (Lipinski definition) is 2. The van der Waals surface area contributed by atoms with Gasteiger partial charge in [0.2, 0.25) is 0 Å². The molecule has 230 valence electrons. The van der Waals surface area contributed by atoms with Crippen LogP contribution in [0.2, 0.25) is 0 Å². The van der Waals surface area contributed by atoms with Gasteiger partial charge in [-0.25, -0.2) is 9.59 Å². The second-order valence-electron chi connectivity index (χ2n) is 13.0. The molecule has 0 bridgehead atoms. The van der Waals surface area contributed by atoms with Gasteiger partial charge in [0.05, 0.1) is 12.1 Å². The summed E-state index contributed by atoms with van der Waals surface area (Å²) in [6, 6.07) is 6.15. The molecule has 2 aliphatic heterocycles. The third-order valence-electron chi connectivity index (χ3n) is 7.28. The Morgan fingerprint density at radius 1 is 1.00 bits per heavy atom. The van der Waals surface area contributed by atoms with Crippen molar-refractivity contribution in [3.63, 3.8) is 0 Å². The van der Waals surface area contributed by atoms with Gasteiger partial charge in [-0.1, -0.05) is 18.2 Å². The normalized spacial score (nSPS) is 19.0. The molecule has 2 amide bonds. The summed E-state index contributed by atoms with van der Waals surface area (Å²) < 4.78 is 17.5. The third-order valence-corrected chi connectivity index (χ3v) is 7.64. The summed E-state index contributed by atoms with van der Waals surface area (Å²) in [4.78, 5) is 47.5. The molecule has 0 unspecified atom stereocenters. The molecule has 0 radical (unpaired) electrons. The fourth-order valence-corrected chi connectivity index (χ4v) is 5.74. The highest BCUT2D eigenvalue weighted by atomic mass is 32.1. The van der Waals surface area contributed by atoms with Crippen LogP contribution in [0.25, 0.3) is 10.9 Å². The van der Waals surface area contributed by atoms with Crippen molar-refractivity contribution in [3.05, 3.63) is 36.0 Å². The molecule has 42 heavy (non-hydrogen) atoms. The Morgan fingerprint density at radius 2 is 1.67 bits per heavy atom. The van der Waals surface area contributed by atoms with Crippen LogP contribution in [-0.4, -0.2) is 87.0 Å². The molecule has 2 N–H and O–H groups in total. The highest BCUT2D eigenvalue weighted by Gasteiger charge is 2.45. The number of ether oxygens (including phenoxy) is 3. The maximum atomic E-state index is 14.5. The monoisotopic (exact) mass is 600 g/mol. The molecular formula is C31H44N4O6S. The van der Waals surface area contributed by atoms with E-state index in [1.807, 2.05) is 35.4 Å². The molecule has 3 heterocycles. The molecule has 11 heteroatoms. The molecule has 2 fully saturated rings. The first-order valence-electron chi connectivity index (χ1n) is 14.8. The number of para-hydroxylation sites is 1. The second-order valence-corrected chi connectivity index (χ2v) is 13.4. The number of nitrogens with zero attached hydrogens (tertiary/aromatic N) is 2. The zero-order valence-corrected chi connectivity index (χ0v) is 26.3. The first-order chi connectivity index (χ1) is 19.7. The maximum Gasteiger partial charge on any atom is 0.410 e. The van der Waals surface area contributed by atoms with Crippen LogP contribution in [0.4, 0.5) is 9.59 Å². The third kappa shape index (κ3) is 8.14. The lowest BCUT2D eigenvalue weighted by atomic mass is 9.94. The Morgan fingerprint density at radius 3 is 2.33 bits per heavy atom. The van der Waals surface area contributed by atoms with Gasteiger partial charge in [0.1, 0.15) is 11.2 Å². The van der Waals surface area contributed by atoms with E-state index < -0.39 is 41.6 Å². The van der Waals surface area contributed by atoms with Gasteiger partial charge >= 0.3 is 12.2 Å². The van der Waals surface area contributed by atoms with Crippen LogP contribution in [0.3, 0.4) is 0 Å². The lowest BCUT2D eigenvalue weighted by Gasteiger charge is -2.35. The van der Waals surface area contributed by atoms with Crippen molar-refractivity contribution in [1.29, 1.82) is 0 Å². The molecule has 0 aliphatic carbocycles. The number of amides is 2. The lowest BCUT2D eigenvalue weighted by Crippen LogP contribution is -2.56. The lowest BCUT2D eigenvalue weighted by molar-refractivity contribution is -0.131. The average Bonchev–Trinajstić information content (AvgIpc) is 3.66. The number of aromatic nitrogens is 1. The van der Waals surface area contributed by atoms with Crippen molar-refractivity contribution in [3.8, 4) is 0 Å². The van der Waals surface area contributed by atoms with Gasteiger partial charge in [0.25, 0.3) is 5.17 Å². The van der Waals surface area contributed by atoms with Crippen molar-refractivity contribution in [1.82, 2.24) is 20.1 Å². The summed E-state index contributed by atoms with van der Waals surface area (Å²) >= 11 is 5.66. The summed E-state index contributed by atoms with van der Waals surface area (Å²) in [5, 5.41) is 3.98. The standard InChI is InChI=1S/C31H44N4O6S/c1-30(2,3)40-27(37)33-23(18-20-19-32-22-13-8-7-12-21(20)22)25(36)26(39-29(42)34-15-9-10-16-34)24-14-11-17-35(24)28(38)41-31(4,5)6/h7-8,12-13,19,23-24,26,32H,9-11,14-18H2,1-6H3,(H,33,37)/t23-,24+,26+/m0/s1. The molecule has 0 spiro atoms. The summed E-state index contributed by atoms with van der Waals surface area (Å²) in [5.41, 5.74) is 0.318. The number of fused-ring (bicyclic) bond motifs is 1. The Bertz CT molecular complexity index is 1290. The topological polar surface area (TPSA) is 113 Å². The van der Waals surface area contributed by atoms with E-state index in [4.69, 9.17) is 26.4 Å². The number of Topliss-reactive ketones (excluding diaryl/α,β-unsaturated/α-hetero) is 1. The van der Waals surface area contributed by atoms with E-state index in [2.05, 4.69) is 10.3 Å². The van der Waals surface area contributed by atoms with E-state index >= 15 is 0 Å². The number of carbonyl (C=O) groups excluding carboxylic acids is 3. The van der Waals surface area contributed by atoms with Gasteiger partial charge in [0.15, 0.2) is 11.9 Å². The van der Waals surface area contributed by atoms with Crippen LogP contribution in [0.15, 0.2) is 30.5 Å². The maximum absolute atomic E-state index is 14.5. The molecule has 2 aromatic rings. The Balaban J connectivity index is 1.67. The van der Waals surface area contributed by atoms with E-state index in [0.29, 0.717) is 19.4 Å². The smallest absolute Gasteiger partial charge is 0.410 e. The SMILES string of the molecule is CC(C)(C)OC(=O)N[C@@H](Cc1c[nH]c2ccccc12)C(=O)[C@H](OC(=S)N1CCCC1)[C@H]1CCCN1C(=O)OC(C)(C)C. The van der Waals surface area contributed by atoms with Gasteiger partial charge in [-0.15, -0.1) is 0 Å². The Kier molecular flexibility index (Phi) is 9.70. The van der Waals surface area contributed by atoms with E-state index in [9.17, 15) is 14.4 Å². The molecule has 0 saturated carbocycles. The number of nitrogens with one attached hydrogen (secondary N) is 2. The number of likely N-dealkylation sites (tertiary alicyclic amines) is 2. The fraction of sp³-hybridized carbons (Fsp3) is 0.613. The number of H-pyrrole nitrogens is 1. The van der Waals surface area contributed by atoms with Crippen LogP contribution in [-0.2, 0) is 25.4 Å². The van der Waals surface area contributed by atoms with Crippen LogP contribution in [0.5, 0.6) is 0 Å². The van der Waals surface area contributed by atoms with Crippen molar-refractivity contribution in [2.24, 2.45) is 0 Å². The predicted molar refractivity (Wildman–Crippen MR) is 164 cm³/mol. The first-order valence-corrected chi connectivity index (χ1v) is 15.2. The van der Waals surface area contributed by atoms with E-state index in [0.717, 1.165) is 42.4 Å². The molecule has 1 aromatic heterocycles. The average molecular weight is 601 g/mol. The van der Waals surface area contributed by atoms with Crippen molar-refractivity contribution < 1.29 is 28.6 Å². The van der Waals surface area contributed by atoms with Gasteiger partial charge in [-0.2, -0.15) is 0 Å². The van der Waals surface area contributed by atoms with Crippen LogP contribution in [0, 0.1) is 0 Å². The summed E-state index contributed by atoms with van der Waals surface area (Å²) in [6.07, 6.45) is 2.89. The summed E-state index contributed by atoms with van der Waals surface area (Å²) in [5.74, 6) is -0.381. The number of benzene rings is 1. The highest BCUT2D eigenvalue weighted by Crippen LogP contribution is 2.28. The van der Waals surface area contributed by atoms with E-state index in [1.165, 1.54) is 0 Å². The molecule has 3 atom stereocenters. The number of rotatable bonds is 7. The zero-order valence-electron chi connectivity index (χ0n) is 25.5. The van der Waals surface area contributed by atoms with Crippen molar-refractivity contribution >= 4 is 46.3 Å². The number of carbonyl (C=O) groups is 3. The zero-order chi connectivity index (χ0) is 30.7. The second kappa shape index (κ2) is 12.9. The Labute approximate surface area is 253 Å². The summed E-state index contributed by atoms with van der Waals surface area (Å²) in [6.45, 7) is 12.6. The minimum atomic E-state index is -1.11. The largest absolute Gasteiger partial charge is 0.457 e. The number of alkyl carbamates (subject to hydrolysis) is 1. The minimum Gasteiger partial charge on any atom is -0.457 e. The van der Waals surface area contributed by atoms with Gasteiger partial charge in [0, 0.05) is 43.2 Å². The minimum absolute atomic E-state index is 0.192. The molecule has 10 nitrogen and oxygen atoms in total. The molecule has 2 aliphatic rings. The van der Waals surface area contributed by atoms with Crippen LogP contribution >= 0.6 is 12.2 Å². The fourth-order valence-electron chi connectivity index (χ4n) is 5.45. The predicted octanol–water partition coefficient (Wildman–Crippen LogP) is 5.34. The van der Waals surface area contributed by atoms with E-state index in [-0.39, 0.29) is 17.4 Å². The summed E-state index contributed by atoms with van der Waals surface area (Å²) in [7, 11) is 0. The van der Waals surface area contributed by atoms with Crippen molar-refractivity contribution in [2.45, 2.75) is 103 Å². The number of hydrogen-bond acceptors (Lipinski definition) is 7. The van der Waals surface area contributed by atoms with Crippen molar-refractivity contribution in [2.75, 3.05) is 19.6 Å². The number of aromatic amines is 1. The molecule has 1 aromatic carbocycles. The Hall–Kier alpha value is -3.34. The number of ketones is 1. The van der Waals surface area contributed by atoms with Crippen LogP contribution in [0.1, 0.15) is 72.8 Å². The number of thiocarbonyl (C=S) groups is 1. The molecule has 2 saturated heterocycles. The first kappa shape index (κ1) is 31.6. The van der Waals surface area contributed by atoms with Gasteiger partial charge in [-0.3, -0.25) is 4.79 Å². The van der Waals surface area contributed by atoms with E-state index in [1.54, 1.807) is 46.4 Å². The van der Waals surface area contributed by atoms with Crippen LogP contribution < -0.4 is 5.32 Å². The van der Waals surface area contributed by atoms with Gasteiger partial charge < -0.3 is 34.3 Å². The highest BCUT2D eigenvalue weighted by molar-refractivity contribution is 7.80. The quantitative estimate of drug-likeness (QED) is 0.410.